The molecule has 2 rings (SSSR count). The molecule has 1 atom stereocenters. The first-order valence-corrected chi connectivity index (χ1v) is 6.98. The first-order chi connectivity index (χ1) is 11.0. The van der Waals surface area contributed by atoms with Gasteiger partial charge in [0.05, 0.1) is 11.3 Å². The molecule has 2 aromatic rings. The van der Waals surface area contributed by atoms with Crippen LogP contribution < -0.4 is 10.6 Å². The molecule has 6 nitrogen and oxygen atoms in total. The molecule has 2 aromatic carbocycles. The molecule has 23 heavy (non-hydrogen) atoms. The van der Waals surface area contributed by atoms with Crippen LogP contribution in [0.25, 0.3) is 0 Å². The lowest BCUT2D eigenvalue weighted by Gasteiger charge is -2.13. The van der Waals surface area contributed by atoms with Crippen LogP contribution in [0.15, 0.2) is 54.6 Å². The largest absolute Gasteiger partial charge is 0.480 e. The summed E-state index contributed by atoms with van der Waals surface area (Å²) in [4.78, 5) is 35.2. The van der Waals surface area contributed by atoms with Crippen molar-refractivity contribution in [3.05, 3.63) is 65.7 Å². The van der Waals surface area contributed by atoms with E-state index in [2.05, 4.69) is 10.6 Å². The Hall–Kier alpha value is -3.15. The van der Waals surface area contributed by atoms with Gasteiger partial charge in [-0.3, -0.25) is 14.4 Å². The van der Waals surface area contributed by atoms with Crippen molar-refractivity contribution < 1.29 is 19.5 Å². The predicted octanol–water partition coefficient (Wildman–Crippen LogP) is 2.14. The molecule has 0 aromatic heterocycles. The molecule has 6 heteroatoms. The second kappa shape index (κ2) is 7.22. The van der Waals surface area contributed by atoms with Crippen LogP contribution in [0.3, 0.4) is 0 Å². The maximum absolute atomic E-state index is 12.2. The summed E-state index contributed by atoms with van der Waals surface area (Å²) < 4.78 is 0. The van der Waals surface area contributed by atoms with Crippen LogP contribution >= 0.6 is 0 Å². The van der Waals surface area contributed by atoms with E-state index in [-0.39, 0.29) is 11.5 Å². The maximum Gasteiger partial charge on any atom is 0.325 e. The second-order valence-corrected chi connectivity index (χ2v) is 4.90. The number of para-hydroxylation sites is 1. The summed E-state index contributed by atoms with van der Waals surface area (Å²) in [6, 6.07) is 14.0. The zero-order valence-electron chi connectivity index (χ0n) is 12.4. The van der Waals surface area contributed by atoms with E-state index in [0.29, 0.717) is 11.3 Å². The van der Waals surface area contributed by atoms with Crippen molar-refractivity contribution in [2.24, 2.45) is 0 Å². The van der Waals surface area contributed by atoms with Crippen LogP contribution in [0.4, 0.5) is 5.69 Å². The average Bonchev–Trinajstić information content (AvgIpc) is 2.55. The predicted molar refractivity (Wildman–Crippen MR) is 85.4 cm³/mol. The van der Waals surface area contributed by atoms with E-state index >= 15 is 0 Å². The van der Waals surface area contributed by atoms with E-state index < -0.39 is 17.9 Å². The first kappa shape index (κ1) is 16.2. The Balaban J connectivity index is 2.19. The fourth-order valence-corrected chi connectivity index (χ4v) is 1.91. The van der Waals surface area contributed by atoms with E-state index in [9.17, 15) is 14.4 Å². The molecule has 0 saturated heterocycles. The molecule has 0 radical (unpaired) electrons. The van der Waals surface area contributed by atoms with Gasteiger partial charge in [-0.2, -0.15) is 0 Å². The van der Waals surface area contributed by atoms with Gasteiger partial charge in [0.15, 0.2) is 0 Å². The van der Waals surface area contributed by atoms with Crippen LogP contribution in [0.1, 0.15) is 27.6 Å². The molecule has 0 bridgehead atoms. The number of carboxylic acid groups (broad SMARTS) is 1. The number of carbonyl (C=O) groups excluding carboxylic acids is 2. The smallest absolute Gasteiger partial charge is 0.325 e. The van der Waals surface area contributed by atoms with Crippen molar-refractivity contribution >= 4 is 23.5 Å². The van der Waals surface area contributed by atoms with E-state index in [1.165, 1.54) is 13.0 Å². The van der Waals surface area contributed by atoms with Gasteiger partial charge in [-0.05, 0) is 31.2 Å². The summed E-state index contributed by atoms with van der Waals surface area (Å²) in [6.07, 6.45) is 0. The van der Waals surface area contributed by atoms with Crippen molar-refractivity contribution in [3.63, 3.8) is 0 Å². The lowest BCUT2D eigenvalue weighted by atomic mass is 10.1. The molecule has 0 spiro atoms. The molecule has 2 amide bonds. The Kier molecular flexibility index (Phi) is 5.09. The number of carboxylic acids is 1. The van der Waals surface area contributed by atoms with Gasteiger partial charge >= 0.3 is 5.97 Å². The molecule has 0 aliphatic heterocycles. The molecule has 0 aliphatic rings. The molecule has 0 heterocycles. The monoisotopic (exact) mass is 312 g/mol. The topological polar surface area (TPSA) is 95.5 Å². The van der Waals surface area contributed by atoms with Crippen LogP contribution in [0.5, 0.6) is 0 Å². The highest BCUT2D eigenvalue weighted by Crippen LogP contribution is 2.16. The lowest BCUT2D eigenvalue weighted by Crippen LogP contribution is -2.38. The summed E-state index contributed by atoms with van der Waals surface area (Å²) in [6.45, 7) is 1.37. The molecule has 118 valence electrons. The average molecular weight is 312 g/mol. The fraction of sp³-hybridized carbons (Fsp3) is 0.118. The summed E-state index contributed by atoms with van der Waals surface area (Å²) in [5, 5.41) is 13.9. The lowest BCUT2D eigenvalue weighted by molar-refractivity contribution is -0.138. The first-order valence-electron chi connectivity index (χ1n) is 6.98. The SMILES string of the molecule is CC(NC(=O)c1ccccc1NC(=O)c1ccccc1)C(=O)O. The Labute approximate surface area is 133 Å². The van der Waals surface area contributed by atoms with Gasteiger partial charge in [-0.15, -0.1) is 0 Å². The summed E-state index contributed by atoms with van der Waals surface area (Å²) in [5.41, 5.74) is 0.975. The molecule has 0 aliphatic carbocycles. The second-order valence-electron chi connectivity index (χ2n) is 4.90. The summed E-state index contributed by atoms with van der Waals surface area (Å²) in [7, 11) is 0. The number of carbonyl (C=O) groups is 3. The van der Waals surface area contributed by atoms with E-state index in [4.69, 9.17) is 5.11 Å². The van der Waals surface area contributed by atoms with Gasteiger partial charge in [0.2, 0.25) is 0 Å². The van der Waals surface area contributed by atoms with Crippen molar-refractivity contribution in [2.45, 2.75) is 13.0 Å². The van der Waals surface area contributed by atoms with E-state index in [1.807, 2.05) is 0 Å². The maximum atomic E-state index is 12.2. The Morgan fingerprint density at radius 3 is 2.17 bits per heavy atom. The summed E-state index contributed by atoms with van der Waals surface area (Å²) in [5.74, 6) is -2.05. The normalized spacial score (nSPS) is 11.3. The third-order valence-electron chi connectivity index (χ3n) is 3.17. The molecule has 3 N–H and O–H groups in total. The number of anilines is 1. The van der Waals surface area contributed by atoms with Gasteiger partial charge in [0.1, 0.15) is 6.04 Å². The molecular formula is C17H16N2O4. The van der Waals surface area contributed by atoms with Crippen molar-refractivity contribution in [1.29, 1.82) is 0 Å². The van der Waals surface area contributed by atoms with Gasteiger partial charge in [0, 0.05) is 5.56 Å². The number of hydrogen-bond acceptors (Lipinski definition) is 3. The van der Waals surface area contributed by atoms with Crippen LogP contribution in [-0.4, -0.2) is 28.9 Å². The van der Waals surface area contributed by atoms with Gasteiger partial charge in [0.25, 0.3) is 11.8 Å². The zero-order valence-corrected chi connectivity index (χ0v) is 12.4. The minimum atomic E-state index is -1.14. The standard InChI is InChI=1S/C17H16N2O4/c1-11(17(22)23)18-16(21)13-9-5-6-10-14(13)19-15(20)12-7-3-2-4-8-12/h2-11H,1H3,(H,18,21)(H,19,20)(H,22,23). The summed E-state index contributed by atoms with van der Waals surface area (Å²) >= 11 is 0. The van der Waals surface area contributed by atoms with Crippen LogP contribution in [0.2, 0.25) is 0 Å². The van der Waals surface area contributed by atoms with E-state index in [0.717, 1.165) is 0 Å². The minimum Gasteiger partial charge on any atom is -0.480 e. The van der Waals surface area contributed by atoms with Crippen molar-refractivity contribution in [2.75, 3.05) is 5.32 Å². The molecule has 0 fully saturated rings. The molecule has 0 saturated carbocycles. The number of nitrogens with one attached hydrogen (secondary N) is 2. The van der Waals surface area contributed by atoms with Gasteiger partial charge in [-0.1, -0.05) is 30.3 Å². The number of benzene rings is 2. The van der Waals surface area contributed by atoms with Crippen LogP contribution in [-0.2, 0) is 4.79 Å². The highest BCUT2D eigenvalue weighted by Gasteiger charge is 2.18. The van der Waals surface area contributed by atoms with Gasteiger partial charge in [-0.25, -0.2) is 0 Å². The number of rotatable bonds is 5. The third kappa shape index (κ3) is 4.16. The highest BCUT2D eigenvalue weighted by atomic mass is 16.4. The third-order valence-corrected chi connectivity index (χ3v) is 3.17. The molecular weight excluding hydrogens is 296 g/mol. The minimum absolute atomic E-state index is 0.199. The fourth-order valence-electron chi connectivity index (χ4n) is 1.91. The number of hydrogen-bond donors (Lipinski definition) is 3. The molecule has 1 unspecified atom stereocenters. The van der Waals surface area contributed by atoms with Crippen molar-refractivity contribution in [3.8, 4) is 0 Å². The Morgan fingerprint density at radius 2 is 1.52 bits per heavy atom. The highest BCUT2D eigenvalue weighted by molar-refractivity contribution is 6.09. The van der Waals surface area contributed by atoms with Crippen LogP contribution in [0, 0.1) is 0 Å². The van der Waals surface area contributed by atoms with Crippen molar-refractivity contribution in [1.82, 2.24) is 5.32 Å². The number of amides is 2. The Bertz CT molecular complexity index is 728. The van der Waals surface area contributed by atoms with E-state index in [1.54, 1.807) is 48.5 Å². The zero-order chi connectivity index (χ0) is 16.8. The van der Waals surface area contributed by atoms with Gasteiger partial charge < -0.3 is 15.7 Å². The Morgan fingerprint density at radius 1 is 0.913 bits per heavy atom. The quantitative estimate of drug-likeness (QED) is 0.788. The number of aliphatic carboxylic acids is 1.